The van der Waals surface area contributed by atoms with Crippen molar-refractivity contribution < 1.29 is 0 Å². The predicted molar refractivity (Wildman–Crippen MR) is 129 cm³/mol. The van der Waals surface area contributed by atoms with Gasteiger partial charge in [0.1, 0.15) is 0 Å². The van der Waals surface area contributed by atoms with Crippen molar-refractivity contribution in [1.82, 2.24) is 4.57 Å². The topological polar surface area (TPSA) is 4.93 Å². The maximum atomic E-state index is 2.42. The first kappa shape index (κ1) is 18.7. The van der Waals surface area contributed by atoms with Crippen molar-refractivity contribution in [1.29, 1.82) is 0 Å². The zero-order valence-electron chi connectivity index (χ0n) is 18.1. The standard InChI is InChI=1S/C29H27N/c1-20-12-8-10-16-25(20)29(3,4)26-19-28-24(18-21(26)2)23-15-9-11-17-27(23)30(28)22-13-6-5-7-14-22/h5-19H,1-4H3. The molecule has 0 bridgehead atoms. The molecular weight excluding hydrogens is 362 g/mol. The fourth-order valence-electron chi connectivity index (χ4n) is 5.07. The van der Waals surface area contributed by atoms with Crippen LogP contribution in [0.5, 0.6) is 0 Å². The molecule has 0 aliphatic heterocycles. The Labute approximate surface area is 178 Å². The van der Waals surface area contributed by atoms with Crippen LogP contribution < -0.4 is 0 Å². The molecule has 0 aliphatic rings. The van der Waals surface area contributed by atoms with Crippen LogP contribution in [0.3, 0.4) is 0 Å². The summed E-state index contributed by atoms with van der Waals surface area (Å²) < 4.78 is 2.40. The Bertz CT molecular complexity index is 1370. The van der Waals surface area contributed by atoms with Gasteiger partial charge < -0.3 is 4.57 Å². The summed E-state index contributed by atoms with van der Waals surface area (Å²) >= 11 is 0. The molecule has 148 valence electrons. The third-order valence-electron chi connectivity index (χ3n) is 6.52. The lowest BCUT2D eigenvalue weighted by Crippen LogP contribution is -2.21. The van der Waals surface area contributed by atoms with Crippen LogP contribution in [0.1, 0.15) is 36.1 Å². The molecule has 0 fully saturated rings. The van der Waals surface area contributed by atoms with E-state index in [-0.39, 0.29) is 5.41 Å². The molecular formula is C29H27N. The second kappa shape index (κ2) is 6.88. The minimum Gasteiger partial charge on any atom is -0.309 e. The minimum absolute atomic E-state index is 0.0818. The molecule has 4 aromatic carbocycles. The van der Waals surface area contributed by atoms with Gasteiger partial charge in [-0.3, -0.25) is 0 Å². The van der Waals surface area contributed by atoms with Gasteiger partial charge in [-0.15, -0.1) is 0 Å². The molecule has 0 saturated heterocycles. The molecule has 5 rings (SSSR count). The number of hydrogen-bond donors (Lipinski definition) is 0. The maximum absolute atomic E-state index is 2.42. The Morgan fingerprint density at radius 1 is 0.567 bits per heavy atom. The number of para-hydroxylation sites is 2. The van der Waals surface area contributed by atoms with Gasteiger partial charge >= 0.3 is 0 Å². The maximum Gasteiger partial charge on any atom is 0.0544 e. The fourth-order valence-corrected chi connectivity index (χ4v) is 5.07. The molecule has 0 spiro atoms. The molecule has 0 atom stereocenters. The number of benzene rings is 4. The Balaban J connectivity index is 1.86. The van der Waals surface area contributed by atoms with Gasteiger partial charge in [0, 0.05) is 21.9 Å². The lowest BCUT2D eigenvalue weighted by atomic mass is 9.74. The summed E-state index contributed by atoms with van der Waals surface area (Å²) in [6, 6.07) is 33.0. The summed E-state index contributed by atoms with van der Waals surface area (Å²) in [5.41, 5.74) is 9.08. The van der Waals surface area contributed by atoms with Gasteiger partial charge in [0.2, 0.25) is 0 Å². The monoisotopic (exact) mass is 389 g/mol. The highest BCUT2D eigenvalue weighted by molar-refractivity contribution is 6.09. The van der Waals surface area contributed by atoms with Crippen molar-refractivity contribution in [2.24, 2.45) is 0 Å². The zero-order chi connectivity index (χ0) is 20.9. The highest BCUT2D eigenvalue weighted by Crippen LogP contribution is 2.40. The van der Waals surface area contributed by atoms with Crippen LogP contribution in [0.4, 0.5) is 0 Å². The largest absolute Gasteiger partial charge is 0.309 e. The van der Waals surface area contributed by atoms with E-state index < -0.39 is 0 Å². The molecule has 5 aromatic rings. The summed E-state index contributed by atoms with van der Waals surface area (Å²) in [4.78, 5) is 0. The highest BCUT2D eigenvalue weighted by Gasteiger charge is 2.27. The van der Waals surface area contributed by atoms with Crippen molar-refractivity contribution >= 4 is 21.8 Å². The lowest BCUT2D eigenvalue weighted by molar-refractivity contribution is 0.632. The van der Waals surface area contributed by atoms with Crippen molar-refractivity contribution in [3.63, 3.8) is 0 Å². The fraction of sp³-hybridized carbons (Fsp3) is 0.172. The minimum atomic E-state index is -0.0818. The third kappa shape index (κ3) is 2.77. The van der Waals surface area contributed by atoms with Crippen LogP contribution in [0.15, 0.2) is 91.0 Å². The van der Waals surface area contributed by atoms with E-state index >= 15 is 0 Å². The van der Waals surface area contributed by atoms with Crippen LogP contribution in [0, 0.1) is 13.8 Å². The van der Waals surface area contributed by atoms with Gasteiger partial charge in [-0.2, -0.15) is 0 Å². The number of nitrogens with zero attached hydrogens (tertiary/aromatic N) is 1. The molecule has 0 saturated carbocycles. The van der Waals surface area contributed by atoms with Crippen LogP contribution >= 0.6 is 0 Å². The van der Waals surface area contributed by atoms with E-state index in [4.69, 9.17) is 0 Å². The van der Waals surface area contributed by atoms with Gasteiger partial charge in [-0.25, -0.2) is 0 Å². The number of aromatic nitrogens is 1. The van der Waals surface area contributed by atoms with Crippen molar-refractivity contribution in [3.8, 4) is 5.69 Å². The molecule has 1 heteroatoms. The van der Waals surface area contributed by atoms with Crippen LogP contribution in [0.25, 0.3) is 27.5 Å². The van der Waals surface area contributed by atoms with Crippen molar-refractivity contribution in [3.05, 3.63) is 113 Å². The van der Waals surface area contributed by atoms with Crippen LogP contribution in [-0.4, -0.2) is 4.57 Å². The van der Waals surface area contributed by atoms with Crippen LogP contribution in [-0.2, 0) is 5.41 Å². The van der Waals surface area contributed by atoms with E-state index in [1.54, 1.807) is 0 Å². The van der Waals surface area contributed by atoms with Gasteiger partial charge in [0.25, 0.3) is 0 Å². The lowest BCUT2D eigenvalue weighted by Gasteiger charge is -2.30. The van der Waals surface area contributed by atoms with Crippen molar-refractivity contribution in [2.75, 3.05) is 0 Å². The Kier molecular flexibility index (Phi) is 4.29. The van der Waals surface area contributed by atoms with Crippen molar-refractivity contribution in [2.45, 2.75) is 33.1 Å². The molecule has 0 amide bonds. The van der Waals surface area contributed by atoms with Gasteiger partial charge in [0.05, 0.1) is 11.0 Å². The number of fused-ring (bicyclic) bond motifs is 3. The van der Waals surface area contributed by atoms with Gasteiger partial charge in [-0.05, 0) is 66.4 Å². The third-order valence-corrected chi connectivity index (χ3v) is 6.52. The van der Waals surface area contributed by atoms with Gasteiger partial charge in [0.15, 0.2) is 0 Å². The van der Waals surface area contributed by atoms with E-state index in [1.165, 1.54) is 49.7 Å². The van der Waals surface area contributed by atoms with Crippen LogP contribution in [0.2, 0.25) is 0 Å². The first-order chi connectivity index (χ1) is 14.5. The molecule has 1 nitrogen and oxygen atoms in total. The average Bonchev–Trinajstić information content (AvgIpc) is 3.07. The highest BCUT2D eigenvalue weighted by atomic mass is 15.0. The normalized spacial score (nSPS) is 12.0. The zero-order valence-corrected chi connectivity index (χ0v) is 18.1. The second-order valence-corrected chi connectivity index (χ2v) is 8.81. The quantitative estimate of drug-likeness (QED) is 0.297. The molecule has 30 heavy (non-hydrogen) atoms. The summed E-state index contributed by atoms with van der Waals surface area (Å²) in [6.07, 6.45) is 0. The molecule has 0 aliphatic carbocycles. The predicted octanol–water partition coefficient (Wildman–Crippen LogP) is 7.73. The molecule has 1 aromatic heterocycles. The molecule has 1 heterocycles. The Hall–Kier alpha value is -3.32. The van der Waals surface area contributed by atoms with Gasteiger partial charge in [-0.1, -0.05) is 74.5 Å². The summed E-state index contributed by atoms with van der Waals surface area (Å²) in [7, 11) is 0. The number of hydrogen-bond acceptors (Lipinski definition) is 0. The Morgan fingerprint density at radius 3 is 2.00 bits per heavy atom. The molecule has 0 N–H and O–H groups in total. The smallest absolute Gasteiger partial charge is 0.0544 e. The van der Waals surface area contributed by atoms with E-state index in [9.17, 15) is 0 Å². The first-order valence-electron chi connectivity index (χ1n) is 10.6. The first-order valence-corrected chi connectivity index (χ1v) is 10.6. The van der Waals surface area contributed by atoms with E-state index in [0.29, 0.717) is 0 Å². The number of aryl methyl sites for hydroxylation is 2. The summed E-state index contributed by atoms with van der Waals surface area (Å²) in [5.74, 6) is 0. The molecule has 0 radical (unpaired) electrons. The Morgan fingerprint density at radius 2 is 1.23 bits per heavy atom. The second-order valence-electron chi connectivity index (χ2n) is 8.81. The molecule has 0 unspecified atom stereocenters. The van der Waals surface area contributed by atoms with E-state index in [1.807, 2.05) is 0 Å². The summed E-state index contributed by atoms with van der Waals surface area (Å²) in [6.45, 7) is 9.16. The number of rotatable bonds is 3. The van der Waals surface area contributed by atoms with E-state index in [2.05, 4.69) is 123 Å². The average molecular weight is 390 g/mol. The SMILES string of the molecule is Cc1ccccc1C(C)(C)c1cc2c(cc1C)c1ccccc1n2-c1ccccc1. The summed E-state index contributed by atoms with van der Waals surface area (Å²) in [5, 5.41) is 2.62. The van der Waals surface area contributed by atoms with E-state index in [0.717, 1.165) is 0 Å².